The lowest BCUT2D eigenvalue weighted by Crippen LogP contribution is -2.01. The zero-order valence-electron chi connectivity index (χ0n) is 18.8. The summed E-state index contributed by atoms with van der Waals surface area (Å²) in [5.41, 5.74) is 1.87. The molecule has 2 aromatic carbocycles. The predicted octanol–water partition coefficient (Wildman–Crippen LogP) is 5.46. The number of rotatable bonds is 9. The van der Waals surface area contributed by atoms with Crippen LogP contribution >= 0.6 is 11.8 Å². The summed E-state index contributed by atoms with van der Waals surface area (Å²) in [5.74, 6) is 4.21. The highest BCUT2D eigenvalue weighted by Gasteiger charge is 2.30. The highest BCUT2D eigenvalue weighted by atomic mass is 32.2. The molecule has 0 N–H and O–H groups in total. The third-order valence-electron chi connectivity index (χ3n) is 5.42. The SMILES string of the molecule is CCOc1ccc(-n2c(S[C@@H](C)c3nc(C4CC4)no3)nnc2-c2ccc(OC)cc2)cc1. The van der Waals surface area contributed by atoms with Crippen molar-refractivity contribution in [2.24, 2.45) is 0 Å². The summed E-state index contributed by atoms with van der Waals surface area (Å²) in [5, 5.41) is 13.9. The van der Waals surface area contributed by atoms with Crippen molar-refractivity contribution in [3.05, 3.63) is 60.2 Å². The number of hydrogen-bond donors (Lipinski definition) is 0. The van der Waals surface area contributed by atoms with Crippen LogP contribution in [-0.2, 0) is 0 Å². The molecule has 0 amide bonds. The number of hydrogen-bond acceptors (Lipinski definition) is 8. The van der Waals surface area contributed by atoms with Crippen LogP contribution in [0.15, 0.2) is 58.2 Å². The molecule has 1 saturated carbocycles. The average molecular weight is 464 g/mol. The molecule has 5 rings (SSSR count). The van der Waals surface area contributed by atoms with Gasteiger partial charge in [0.1, 0.15) is 11.5 Å². The van der Waals surface area contributed by atoms with E-state index >= 15 is 0 Å². The van der Waals surface area contributed by atoms with Gasteiger partial charge in [0.15, 0.2) is 16.8 Å². The molecule has 0 unspecified atom stereocenters. The van der Waals surface area contributed by atoms with Crippen molar-refractivity contribution < 1.29 is 14.0 Å². The van der Waals surface area contributed by atoms with Crippen molar-refractivity contribution in [2.45, 2.75) is 43.0 Å². The molecule has 0 bridgehead atoms. The largest absolute Gasteiger partial charge is 0.497 e. The Kier molecular flexibility index (Phi) is 6.04. The van der Waals surface area contributed by atoms with Gasteiger partial charge < -0.3 is 14.0 Å². The van der Waals surface area contributed by atoms with Gasteiger partial charge in [0, 0.05) is 17.2 Å². The van der Waals surface area contributed by atoms with Crippen LogP contribution in [0.1, 0.15) is 49.6 Å². The van der Waals surface area contributed by atoms with E-state index in [1.165, 1.54) is 11.8 Å². The Hall–Kier alpha value is -3.33. The summed E-state index contributed by atoms with van der Waals surface area (Å²) in [7, 11) is 1.65. The Morgan fingerprint density at radius 2 is 1.79 bits per heavy atom. The van der Waals surface area contributed by atoms with E-state index in [2.05, 4.69) is 20.3 Å². The van der Waals surface area contributed by atoms with Crippen LogP contribution in [-0.4, -0.2) is 38.6 Å². The molecule has 1 fully saturated rings. The Labute approximate surface area is 196 Å². The lowest BCUT2D eigenvalue weighted by atomic mass is 10.2. The van der Waals surface area contributed by atoms with Crippen LogP contribution in [0, 0.1) is 0 Å². The molecule has 0 aliphatic heterocycles. The summed E-state index contributed by atoms with van der Waals surface area (Å²) in [6.45, 7) is 4.63. The maximum Gasteiger partial charge on any atom is 0.239 e. The quantitative estimate of drug-likeness (QED) is 0.303. The molecule has 1 aliphatic carbocycles. The minimum absolute atomic E-state index is 0.0700. The van der Waals surface area contributed by atoms with E-state index in [9.17, 15) is 0 Å². The van der Waals surface area contributed by atoms with E-state index in [1.54, 1.807) is 7.11 Å². The number of aromatic nitrogens is 5. The van der Waals surface area contributed by atoms with Crippen molar-refractivity contribution in [3.63, 3.8) is 0 Å². The van der Waals surface area contributed by atoms with Crippen LogP contribution in [0.25, 0.3) is 17.1 Å². The van der Waals surface area contributed by atoms with Gasteiger partial charge >= 0.3 is 0 Å². The van der Waals surface area contributed by atoms with Crippen molar-refractivity contribution in [2.75, 3.05) is 13.7 Å². The van der Waals surface area contributed by atoms with Gasteiger partial charge in [-0.25, -0.2) is 0 Å². The number of methoxy groups -OCH3 is 1. The Morgan fingerprint density at radius 1 is 1.06 bits per heavy atom. The van der Waals surface area contributed by atoms with Crippen LogP contribution in [0.2, 0.25) is 0 Å². The zero-order valence-corrected chi connectivity index (χ0v) is 19.6. The van der Waals surface area contributed by atoms with Crippen molar-refractivity contribution in [3.8, 4) is 28.6 Å². The minimum Gasteiger partial charge on any atom is -0.497 e. The summed E-state index contributed by atoms with van der Waals surface area (Å²) >= 11 is 1.54. The molecule has 0 radical (unpaired) electrons. The second-order valence-corrected chi connectivity index (χ2v) is 9.13. The van der Waals surface area contributed by atoms with Crippen molar-refractivity contribution in [1.82, 2.24) is 24.9 Å². The van der Waals surface area contributed by atoms with Crippen LogP contribution in [0.3, 0.4) is 0 Å². The topological polar surface area (TPSA) is 88.1 Å². The summed E-state index contributed by atoms with van der Waals surface area (Å²) in [6.07, 6.45) is 2.27. The van der Waals surface area contributed by atoms with Gasteiger partial charge in [0.25, 0.3) is 0 Å². The molecule has 9 heteroatoms. The third kappa shape index (κ3) is 4.59. The molecule has 33 heavy (non-hydrogen) atoms. The second-order valence-electron chi connectivity index (χ2n) is 7.82. The third-order valence-corrected chi connectivity index (χ3v) is 6.45. The van der Waals surface area contributed by atoms with Crippen LogP contribution in [0.4, 0.5) is 0 Å². The predicted molar refractivity (Wildman–Crippen MR) is 125 cm³/mol. The fourth-order valence-electron chi connectivity index (χ4n) is 3.49. The van der Waals surface area contributed by atoms with Crippen LogP contribution < -0.4 is 9.47 Å². The first-order chi connectivity index (χ1) is 16.2. The number of thioether (sulfide) groups is 1. The molecule has 1 atom stereocenters. The summed E-state index contributed by atoms with van der Waals surface area (Å²) < 4.78 is 18.5. The highest BCUT2D eigenvalue weighted by molar-refractivity contribution is 7.99. The monoisotopic (exact) mass is 463 g/mol. The zero-order chi connectivity index (χ0) is 22.8. The maximum atomic E-state index is 5.61. The van der Waals surface area contributed by atoms with Crippen LogP contribution in [0.5, 0.6) is 11.5 Å². The molecule has 4 aromatic rings. The minimum atomic E-state index is -0.0700. The lowest BCUT2D eigenvalue weighted by Gasteiger charge is -2.13. The Morgan fingerprint density at radius 3 is 2.45 bits per heavy atom. The summed E-state index contributed by atoms with van der Waals surface area (Å²) in [6, 6.07) is 15.7. The molecule has 1 aliphatic rings. The fourth-order valence-corrected chi connectivity index (χ4v) is 4.39. The smallest absolute Gasteiger partial charge is 0.239 e. The van der Waals surface area contributed by atoms with Crippen molar-refractivity contribution >= 4 is 11.8 Å². The normalized spacial score (nSPS) is 14.3. The van der Waals surface area contributed by atoms with E-state index in [1.807, 2.05) is 66.9 Å². The van der Waals surface area contributed by atoms with E-state index in [-0.39, 0.29) is 5.25 Å². The Bertz CT molecular complexity index is 1220. The number of nitrogens with zero attached hydrogens (tertiary/aromatic N) is 5. The first-order valence-corrected chi connectivity index (χ1v) is 11.9. The van der Waals surface area contributed by atoms with E-state index in [0.29, 0.717) is 18.4 Å². The molecule has 170 valence electrons. The molecule has 0 saturated heterocycles. The van der Waals surface area contributed by atoms with Gasteiger partial charge in [-0.1, -0.05) is 16.9 Å². The summed E-state index contributed by atoms with van der Waals surface area (Å²) in [4.78, 5) is 4.60. The number of benzene rings is 2. The Balaban J connectivity index is 1.49. The molecular weight excluding hydrogens is 438 g/mol. The molecule has 0 spiro atoms. The van der Waals surface area contributed by atoms with E-state index < -0.39 is 0 Å². The van der Waals surface area contributed by atoms with Gasteiger partial charge in [-0.2, -0.15) is 4.98 Å². The van der Waals surface area contributed by atoms with E-state index in [0.717, 1.165) is 52.4 Å². The van der Waals surface area contributed by atoms with Gasteiger partial charge in [-0.3, -0.25) is 4.57 Å². The van der Waals surface area contributed by atoms with E-state index in [4.69, 9.17) is 14.0 Å². The molecular formula is C24H25N5O3S. The van der Waals surface area contributed by atoms with Crippen molar-refractivity contribution in [1.29, 1.82) is 0 Å². The standard InChI is InChI=1S/C24H25N5O3S/c1-4-31-20-13-9-18(10-14-20)29-22(17-7-11-19(30-3)12-8-17)26-27-24(29)33-15(2)23-25-21(28-32-23)16-5-6-16/h7-16H,4-6H2,1-3H3/t15-/m0/s1. The highest BCUT2D eigenvalue weighted by Crippen LogP contribution is 2.41. The van der Waals surface area contributed by atoms with Gasteiger partial charge in [0.05, 0.1) is 19.0 Å². The van der Waals surface area contributed by atoms with Gasteiger partial charge in [0.2, 0.25) is 5.89 Å². The average Bonchev–Trinajstić information content (AvgIpc) is 3.42. The lowest BCUT2D eigenvalue weighted by molar-refractivity contribution is 0.340. The molecule has 2 aromatic heterocycles. The van der Waals surface area contributed by atoms with Gasteiger partial charge in [-0.05, 0) is 75.2 Å². The first-order valence-electron chi connectivity index (χ1n) is 11.0. The number of ether oxygens (including phenoxy) is 2. The molecule has 8 nitrogen and oxygen atoms in total. The fraction of sp³-hybridized carbons (Fsp3) is 0.333. The van der Waals surface area contributed by atoms with Gasteiger partial charge in [-0.15, -0.1) is 10.2 Å². The first kappa shape index (κ1) is 21.5. The maximum absolute atomic E-state index is 5.61. The molecule has 2 heterocycles. The second kappa shape index (κ2) is 9.27.